The lowest BCUT2D eigenvalue weighted by Gasteiger charge is -2.26. The molecule has 0 N–H and O–H groups in total. The fourth-order valence-corrected chi connectivity index (χ4v) is 3.60. The summed E-state index contributed by atoms with van der Waals surface area (Å²) in [5.74, 6) is -1.21. The van der Waals surface area contributed by atoms with Crippen LogP contribution < -0.4 is 14.2 Å². The van der Waals surface area contributed by atoms with Crippen LogP contribution in [0.25, 0.3) is 0 Å². The largest absolute Gasteiger partial charge is 0.493 e. The second-order valence-corrected chi connectivity index (χ2v) is 8.72. The molecule has 0 aliphatic heterocycles. The van der Waals surface area contributed by atoms with Gasteiger partial charge in [-0.2, -0.15) is 0 Å². The van der Waals surface area contributed by atoms with Crippen molar-refractivity contribution in [2.45, 2.75) is 72.0 Å². The monoisotopic (exact) mass is 515 g/mol. The number of aromatic nitrogens is 1. The van der Waals surface area contributed by atoms with Gasteiger partial charge in [-0.25, -0.2) is 4.98 Å². The number of methoxy groups -OCH3 is 1. The summed E-state index contributed by atoms with van der Waals surface area (Å²) >= 11 is 0. The van der Waals surface area contributed by atoms with Crippen molar-refractivity contribution in [3.63, 3.8) is 0 Å². The topological polar surface area (TPSA) is 110 Å². The molecule has 0 aliphatic carbocycles. The van der Waals surface area contributed by atoms with E-state index in [2.05, 4.69) is 11.9 Å². The average Bonchev–Trinajstić information content (AvgIpc) is 2.88. The first-order chi connectivity index (χ1) is 17.8. The van der Waals surface area contributed by atoms with Crippen LogP contribution >= 0.6 is 0 Å². The van der Waals surface area contributed by atoms with Crippen molar-refractivity contribution in [1.82, 2.24) is 4.98 Å². The quantitative estimate of drug-likeness (QED) is 0.130. The van der Waals surface area contributed by atoms with Gasteiger partial charge in [0, 0.05) is 25.6 Å². The smallest absolute Gasteiger partial charge is 0.309 e. The van der Waals surface area contributed by atoms with E-state index in [1.807, 2.05) is 37.3 Å². The van der Waals surface area contributed by atoms with E-state index in [9.17, 15) is 14.4 Å². The number of hydrogen-bond donors (Lipinski definition) is 0. The molecule has 0 aliphatic rings. The molecule has 3 atom stereocenters. The summed E-state index contributed by atoms with van der Waals surface area (Å²) in [6.45, 7) is 6.44. The van der Waals surface area contributed by atoms with E-state index in [-0.39, 0.29) is 29.7 Å². The molecule has 9 heteroatoms. The molecule has 202 valence electrons. The highest BCUT2D eigenvalue weighted by Gasteiger charge is 2.29. The van der Waals surface area contributed by atoms with Gasteiger partial charge in [0.25, 0.3) is 0 Å². The van der Waals surface area contributed by atoms with Crippen molar-refractivity contribution in [2.75, 3.05) is 13.9 Å². The van der Waals surface area contributed by atoms with Gasteiger partial charge < -0.3 is 23.7 Å². The Hall–Kier alpha value is -3.62. The SMILES string of the molecule is CCCCC[C@@H](OC(=O)[C@H](C)CC(=O)c1nccc(OC)c1OCOC(C)=O)[C@H](C)Oc1ccccc1. The van der Waals surface area contributed by atoms with Gasteiger partial charge in [-0.05, 0) is 31.9 Å². The minimum Gasteiger partial charge on any atom is -0.493 e. The van der Waals surface area contributed by atoms with Crippen molar-refractivity contribution >= 4 is 17.7 Å². The molecule has 1 heterocycles. The second kappa shape index (κ2) is 15.5. The van der Waals surface area contributed by atoms with E-state index in [4.69, 9.17) is 23.7 Å². The molecule has 0 amide bonds. The van der Waals surface area contributed by atoms with Crippen LogP contribution in [0.1, 0.15) is 70.3 Å². The van der Waals surface area contributed by atoms with Gasteiger partial charge in [0.05, 0.1) is 13.0 Å². The molecule has 0 radical (unpaired) electrons. The van der Waals surface area contributed by atoms with Crippen molar-refractivity contribution in [3.8, 4) is 17.2 Å². The van der Waals surface area contributed by atoms with Crippen LogP contribution in [0.4, 0.5) is 0 Å². The Balaban J connectivity index is 2.08. The number of unbranched alkanes of at least 4 members (excludes halogenated alkanes) is 2. The van der Waals surface area contributed by atoms with Crippen LogP contribution in [0, 0.1) is 5.92 Å². The molecule has 9 nitrogen and oxygen atoms in total. The summed E-state index contributed by atoms with van der Waals surface area (Å²) in [6.07, 6.45) is 4.01. The van der Waals surface area contributed by atoms with E-state index < -0.39 is 36.5 Å². The molecule has 1 aromatic heterocycles. The zero-order valence-electron chi connectivity index (χ0n) is 22.2. The Morgan fingerprint density at radius 2 is 1.76 bits per heavy atom. The van der Waals surface area contributed by atoms with Gasteiger partial charge >= 0.3 is 11.9 Å². The maximum atomic E-state index is 13.1. The summed E-state index contributed by atoms with van der Waals surface area (Å²) in [7, 11) is 1.42. The zero-order chi connectivity index (χ0) is 27.2. The number of carbonyl (C=O) groups excluding carboxylic acids is 3. The fourth-order valence-electron chi connectivity index (χ4n) is 3.60. The van der Waals surface area contributed by atoms with Crippen LogP contribution in [0.5, 0.6) is 17.2 Å². The minimum atomic E-state index is -0.737. The molecule has 0 saturated heterocycles. The molecular weight excluding hydrogens is 478 g/mol. The Morgan fingerprint density at radius 1 is 1.03 bits per heavy atom. The van der Waals surface area contributed by atoms with Gasteiger partial charge in [0.1, 0.15) is 18.0 Å². The fraction of sp³-hybridized carbons (Fsp3) is 0.500. The van der Waals surface area contributed by atoms with Gasteiger partial charge in [-0.1, -0.05) is 44.9 Å². The predicted molar refractivity (Wildman–Crippen MR) is 137 cm³/mol. The summed E-state index contributed by atoms with van der Waals surface area (Å²) in [5, 5.41) is 0. The third-order valence-corrected chi connectivity index (χ3v) is 5.66. The number of benzene rings is 1. The number of carbonyl (C=O) groups is 3. The van der Waals surface area contributed by atoms with Gasteiger partial charge in [0.15, 0.2) is 23.0 Å². The average molecular weight is 516 g/mol. The van der Waals surface area contributed by atoms with Crippen LogP contribution in [-0.2, 0) is 19.1 Å². The van der Waals surface area contributed by atoms with E-state index in [0.29, 0.717) is 12.2 Å². The zero-order valence-corrected chi connectivity index (χ0v) is 22.2. The Kier molecular flexibility index (Phi) is 12.4. The van der Waals surface area contributed by atoms with Crippen LogP contribution in [0.2, 0.25) is 0 Å². The molecule has 0 fully saturated rings. The maximum absolute atomic E-state index is 13.1. The lowest BCUT2D eigenvalue weighted by atomic mass is 10.0. The number of pyridine rings is 1. The molecule has 1 aromatic carbocycles. The Labute approximate surface area is 218 Å². The standard InChI is InChI=1S/C28H37NO8/c1-6-7-9-14-24(20(3)36-22-12-10-8-11-13-22)37-28(32)19(2)17-23(31)26-27(35-18-34-21(4)30)25(33-5)15-16-29-26/h8,10-13,15-16,19-20,24H,6-7,9,14,17-18H2,1-5H3/t19-,20+,24-/m1/s1. The normalized spacial score (nSPS) is 13.1. The number of para-hydroxylation sites is 1. The Morgan fingerprint density at radius 3 is 2.41 bits per heavy atom. The summed E-state index contributed by atoms with van der Waals surface area (Å²) in [6, 6.07) is 10.9. The number of nitrogens with zero attached hydrogens (tertiary/aromatic N) is 1. The molecule has 0 saturated carbocycles. The molecule has 0 unspecified atom stereocenters. The van der Waals surface area contributed by atoms with Gasteiger partial charge in [-0.15, -0.1) is 0 Å². The number of hydrogen-bond acceptors (Lipinski definition) is 9. The van der Waals surface area contributed by atoms with Crippen molar-refractivity contribution in [3.05, 3.63) is 48.3 Å². The first-order valence-electron chi connectivity index (χ1n) is 12.5. The molecule has 0 spiro atoms. The van der Waals surface area contributed by atoms with Crippen LogP contribution in [0.3, 0.4) is 0 Å². The third-order valence-electron chi connectivity index (χ3n) is 5.66. The highest BCUT2D eigenvalue weighted by atomic mass is 16.7. The van der Waals surface area contributed by atoms with Crippen molar-refractivity contribution < 1.29 is 38.1 Å². The van der Waals surface area contributed by atoms with E-state index in [1.54, 1.807) is 6.92 Å². The summed E-state index contributed by atoms with van der Waals surface area (Å²) < 4.78 is 27.4. The third kappa shape index (κ3) is 9.74. The number of esters is 2. The molecule has 0 bridgehead atoms. The van der Waals surface area contributed by atoms with Crippen LogP contribution in [0.15, 0.2) is 42.6 Å². The van der Waals surface area contributed by atoms with E-state index in [0.717, 1.165) is 19.3 Å². The maximum Gasteiger partial charge on any atom is 0.309 e. The van der Waals surface area contributed by atoms with Gasteiger partial charge in [-0.3, -0.25) is 14.4 Å². The first-order valence-corrected chi connectivity index (χ1v) is 12.5. The highest BCUT2D eigenvalue weighted by Crippen LogP contribution is 2.31. The lowest BCUT2D eigenvalue weighted by molar-refractivity contribution is -0.158. The highest BCUT2D eigenvalue weighted by molar-refractivity contribution is 5.99. The van der Waals surface area contributed by atoms with Gasteiger partial charge in [0.2, 0.25) is 6.79 Å². The summed E-state index contributed by atoms with van der Waals surface area (Å²) in [5.41, 5.74) is -0.0218. The van der Waals surface area contributed by atoms with E-state index in [1.165, 1.54) is 26.3 Å². The molecule has 2 rings (SSSR count). The lowest BCUT2D eigenvalue weighted by Crippen LogP contribution is -2.35. The van der Waals surface area contributed by atoms with Crippen molar-refractivity contribution in [1.29, 1.82) is 0 Å². The number of rotatable bonds is 16. The van der Waals surface area contributed by atoms with E-state index >= 15 is 0 Å². The molecule has 37 heavy (non-hydrogen) atoms. The second-order valence-electron chi connectivity index (χ2n) is 8.72. The van der Waals surface area contributed by atoms with Crippen LogP contribution in [-0.4, -0.2) is 48.8 Å². The van der Waals surface area contributed by atoms with Crippen molar-refractivity contribution in [2.24, 2.45) is 5.92 Å². The summed E-state index contributed by atoms with van der Waals surface area (Å²) in [4.78, 5) is 41.3. The number of ether oxygens (including phenoxy) is 5. The predicted octanol–water partition coefficient (Wildman–Crippen LogP) is 5.16. The number of ketones is 1. The molecule has 2 aromatic rings. The number of Topliss-reactive ketones (excluding diaryl/α,β-unsaturated/α-hetero) is 1. The first kappa shape index (κ1) is 29.6. The minimum absolute atomic E-state index is 0.0218. The Bertz CT molecular complexity index is 1010. The molecular formula is C28H37NO8.